The van der Waals surface area contributed by atoms with Gasteiger partial charge < -0.3 is 19.2 Å². The van der Waals surface area contributed by atoms with Gasteiger partial charge in [-0.1, -0.05) is 18.2 Å². The SMILES string of the molecule is CC1(OCC(=O)O)CN(C(=O)c2coc3ccccc23)C1. The first kappa shape index (κ1) is 13.6. The molecule has 6 nitrogen and oxygen atoms in total. The van der Waals surface area contributed by atoms with Crippen molar-refractivity contribution in [3.05, 3.63) is 36.1 Å². The summed E-state index contributed by atoms with van der Waals surface area (Å²) >= 11 is 0. The normalized spacial score (nSPS) is 16.7. The van der Waals surface area contributed by atoms with Crippen molar-refractivity contribution in [3.63, 3.8) is 0 Å². The van der Waals surface area contributed by atoms with Crippen LogP contribution in [0.2, 0.25) is 0 Å². The molecule has 1 saturated heterocycles. The summed E-state index contributed by atoms with van der Waals surface area (Å²) in [6.45, 7) is 2.19. The first-order chi connectivity index (χ1) is 9.98. The fourth-order valence-electron chi connectivity index (χ4n) is 2.55. The molecular weight excluding hydrogens is 274 g/mol. The fourth-order valence-corrected chi connectivity index (χ4v) is 2.55. The van der Waals surface area contributed by atoms with E-state index in [1.165, 1.54) is 6.26 Å². The monoisotopic (exact) mass is 289 g/mol. The van der Waals surface area contributed by atoms with Crippen LogP contribution in [-0.2, 0) is 9.53 Å². The summed E-state index contributed by atoms with van der Waals surface area (Å²) in [6, 6.07) is 7.35. The molecule has 0 radical (unpaired) electrons. The molecule has 0 atom stereocenters. The molecule has 0 saturated carbocycles. The summed E-state index contributed by atoms with van der Waals surface area (Å²) in [7, 11) is 0. The maximum Gasteiger partial charge on any atom is 0.329 e. The Morgan fingerprint density at radius 3 is 2.81 bits per heavy atom. The smallest absolute Gasteiger partial charge is 0.329 e. The van der Waals surface area contributed by atoms with Crippen LogP contribution in [0.4, 0.5) is 0 Å². The number of ether oxygens (including phenoxy) is 1. The van der Waals surface area contributed by atoms with Gasteiger partial charge in [-0.3, -0.25) is 4.79 Å². The maximum atomic E-state index is 12.4. The van der Waals surface area contributed by atoms with E-state index in [1.807, 2.05) is 24.3 Å². The molecule has 1 aliphatic rings. The summed E-state index contributed by atoms with van der Waals surface area (Å²) in [6.07, 6.45) is 1.46. The zero-order chi connectivity index (χ0) is 15.0. The molecule has 2 aromatic rings. The summed E-state index contributed by atoms with van der Waals surface area (Å²) in [5, 5.41) is 9.40. The van der Waals surface area contributed by atoms with Crippen LogP contribution < -0.4 is 0 Å². The molecule has 1 aromatic carbocycles. The van der Waals surface area contributed by atoms with Gasteiger partial charge in [0, 0.05) is 5.39 Å². The first-order valence-corrected chi connectivity index (χ1v) is 6.60. The van der Waals surface area contributed by atoms with E-state index in [4.69, 9.17) is 14.3 Å². The lowest BCUT2D eigenvalue weighted by Gasteiger charge is -2.47. The molecule has 110 valence electrons. The number of aliphatic carboxylic acids is 1. The second-order valence-electron chi connectivity index (χ2n) is 5.44. The van der Waals surface area contributed by atoms with Crippen molar-refractivity contribution in [2.45, 2.75) is 12.5 Å². The molecule has 0 unspecified atom stereocenters. The Bertz CT molecular complexity index is 699. The third kappa shape index (κ3) is 2.50. The number of fused-ring (bicyclic) bond motifs is 1. The number of furan rings is 1. The number of carbonyl (C=O) groups excluding carboxylic acids is 1. The van der Waals surface area contributed by atoms with Crippen molar-refractivity contribution in [1.82, 2.24) is 4.90 Å². The molecule has 1 fully saturated rings. The molecule has 0 aliphatic carbocycles. The molecule has 0 bridgehead atoms. The second kappa shape index (κ2) is 4.89. The Morgan fingerprint density at radius 2 is 2.10 bits per heavy atom. The lowest BCUT2D eigenvalue weighted by molar-refractivity contribution is -0.159. The minimum atomic E-state index is -1.01. The minimum Gasteiger partial charge on any atom is -0.480 e. The molecule has 1 N–H and O–H groups in total. The third-order valence-corrected chi connectivity index (χ3v) is 3.59. The first-order valence-electron chi connectivity index (χ1n) is 6.60. The van der Waals surface area contributed by atoms with Gasteiger partial charge in [0.15, 0.2) is 0 Å². The molecule has 6 heteroatoms. The van der Waals surface area contributed by atoms with Crippen LogP contribution in [0.1, 0.15) is 17.3 Å². The van der Waals surface area contributed by atoms with E-state index in [2.05, 4.69) is 0 Å². The van der Waals surface area contributed by atoms with Crippen LogP contribution in [0.25, 0.3) is 11.0 Å². The van der Waals surface area contributed by atoms with Crippen molar-refractivity contribution >= 4 is 22.8 Å². The number of carbonyl (C=O) groups is 2. The number of amides is 1. The molecule has 2 heterocycles. The predicted molar refractivity (Wildman–Crippen MR) is 74.1 cm³/mol. The van der Waals surface area contributed by atoms with Crippen LogP contribution in [0, 0.1) is 0 Å². The highest BCUT2D eigenvalue weighted by Gasteiger charge is 2.43. The van der Waals surface area contributed by atoms with E-state index in [1.54, 1.807) is 11.8 Å². The molecule has 1 aliphatic heterocycles. The molecule has 21 heavy (non-hydrogen) atoms. The van der Waals surface area contributed by atoms with E-state index in [-0.39, 0.29) is 12.5 Å². The number of benzene rings is 1. The average molecular weight is 289 g/mol. The fraction of sp³-hybridized carbons (Fsp3) is 0.333. The van der Waals surface area contributed by atoms with E-state index >= 15 is 0 Å². The second-order valence-corrected chi connectivity index (χ2v) is 5.44. The van der Waals surface area contributed by atoms with Crippen LogP contribution in [-0.4, -0.2) is 47.2 Å². The van der Waals surface area contributed by atoms with Gasteiger partial charge in [0.2, 0.25) is 0 Å². The van der Waals surface area contributed by atoms with Crippen molar-refractivity contribution in [1.29, 1.82) is 0 Å². The van der Waals surface area contributed by atoms with E-state index < -0.39 is 11.6 Å². The van der Waals surface area contributed by atoms with Gasteiger partial charge in [-0.2, -0.15) is 0 Å². The largest absolute Gasteiger partial charge is 0.480 e. The number of nitrogens with zero attached hydrogens (tertiary/aromatic N) is 1. The highest BCUT2D eigenvalue weighted by atomic mass is 16.5. The number of hydrogen-bond donors (Lipinski definition) is 1. The number of hydrogen-bond acceptors (Lipinski definition) is 4. The Balaban J connectivity index is 1.69. The summed E-state index contributed by atoms with van der Waals surface area (Å²) in [5.41, 5.74) is 0.602. The number of likely N-dealkylation sites (tertiary alicyclic amines) is 1. The quantitative estimate of drug-likeness (QED) is 0.927. The number of para-hydroxylation sites is 1. The van der Waals surface area contributed by atoms with Crippen LogP contribution >= 0.6 is 0 Å². The van der Waals surface area contributed by atoms with Crippen LogP contribution in [0.3, 0.4) is 0 Å². The number of carboxylic acids is 1. The topological polar surface area (TPSA) is 80.0 Å². The third-order valence-electron chi connectivity index (χ3n) is 3.59. The van der Waals surface area contributed by atoms with Gasteiger partial charge >= 0.3 is 5.97 Å². The Kier molecular flexibility index (Phi) is 3.17. The summed E-state index contributed by atoms with van der Waals surface area (Å²) < 4.78 is 10.7. The Labute approximate surface area is 120 Å². The Morgan fingerprint density at radius 1 is 1.38 bits per heavy atom. The maximum absolute atomic E-state index is 12.4. The number of rotatable bonds is 4. The average Bonchev–Trinajstić information content (AvgIpc) is 2.85. The zero-order valence-electron chi connectivity index (χ0n) is 11.5. The lowest BCUT2D eigenvalue weighted by Crippen LogP contribution is -2.63. The van der Waals surface area contributed by atoms with Crippen molar-refractivity contribution in [2.24, 2.45) is 0 Å². The minimum absolute atomic E-state index is 0.128. The van der Waals surface area contributed by atoms with E-state index in [0.29, 0.717) is 24.2 Å². The molecular formula is C15H15NO5. The number of carboxylic acid groups (broad SMARTS) is 1. The van der Waals surface area contributed by atoms with Gasteiger partial charge in [-0.05, 0) is 13.0 Å². The molecule has 3 rings (SSSR count). The standard InChI is InChI=1S/C15H15NO5/c1-15(21-7-13(17)18)8-16(9-15)14(19)11-6-20-12-5-3-2-4-10(11)12/h2-6H,7-9H2,1H3,(H,17,18). The van der Waals surface area contributed by atoms with Crippen LogP contribution in [0.15, 0.2) is 34.9 Å². The van der Waals surface area contributed by atoms with Gasteiger partial charge in [-0.25, -0.2) is 4.79 Å². The van der Waals surface area contributed by atoms with Gasteiger partial charge in [-0.15, -0.1) is 0 Å². The highest BCUT2D eigenvalue weighted by molar-refractivity contribution is 6.06. The molecule has 1 amide bonds. The zero-order valence-corrected chi connectivity index (χ0v) is 11.5. The Hall–Kier alpha value is -2.34. The van der Waals surface area contributed by atoms with Crippen molar-refractivity contribution in [2.75, 3.05) is 19.7 Å². The lowest BCUT2D eigenvalue weighted by atomic mass is 9.95. The van der Waals surface area contributed by atoms with Gasteiger partial charge in [0.25, 0.3) is 5.91 Å². The van der Waals surface area contributed by atoms with E-state index in [9.17, 15) is 9.59 Å². The van der Waals surface area contributed by atoms with Crippen molar-refractivity contribution in [3.8, 4) is 0 Å². The van der Waals surface area contributed by atoms with Crippen LogP contribution in [0.5, 0.6) is 0 Å². The highest BCUT2D eigenvalue weighted by Crippen LogP contribution is 2.29. The molecule has 0 spiro atoms. The van der Waals surface area contributed by atoms with Gasteiger partial charge in [0.1, 0.15) is 24.1 Å². The molecule has 1 aromatic heterocycles. The van der Waals surface area contributed by atoms with E-state index in [0.717, 1.165) is 5.39 Å². The van der Waals surface area contributed by atoms with Gasteiger partial charge in [0.05, 0.1) is 18.7 Å². The predicted octanol–water partition coefficient (Wildman–Crippen LogP) is 1.75. The van der Waals surface area contributed by atoms with Crippen molar-refractivity contribution < 1.29 is 23.8 Å². The summed E-state index contributed by atoms with van der Waals surface area (Å²) in [4.78, 5) is 24.6. The summed E-state index contributed by atoms with van der Waals surface area (Å²) in [5.74, 6) is -1.14.